The van der Waals surface area contributed by atoms with Crippen molar-refractivity contribution in [3.05, 3.63) is 42.0 Å². The maximum Gasteiger partial charge on any atom is 0.416 e. The van der Waals surface area contributed by atoms with Crippen molar-refractivity contribution in [2.45, 2.75) is 6.18 Å². The normalized spacial score (nSPS) is 15.8. The number of amides is 2. The van der Waals surface area contributed by atoms with E-state index < -0.39 is 23.6 Å². The summed E-state index contributed by atoms with van der Waals surface area (Å²) in [5.41, 5.74) is -0.702. The lowest BCUT2D eigenvalue weighted by Gasteiger charge is -2.14. The molecule has 1 aliphatic rings. The number of anilines is 1. The van der Waals surface area contributed by atoms with Crippen LogP contribution >= 0.6 is 0 Å². The zero-order valence-electron chi connectivity index (χ0n) is 8.36. The SMILES string of the molecule is O=C1C=CC(=O)N1c1ccc(C(F)(F)F)cc1. The molecule has 3 nitrogen and oxygen atoms in total. The first-order chi connectivity index (χ1) is 7.89. The molecule has 0 bridgehead atoms. The highest BCUT2D eigenvalue weighted by atomic mass is 19.4. The molecule has 0 aromatic heterocycles. The number of nitrogens with zero attached hydrogens (tertiary/aromatic N) is 1. The number of halogens is 3. The lowest BCUT2D eigenvalue weighted by Crippen LogP contribution is -2.29. The van der Waals surface area contributed by atoms with Gasteiger partial charge in [0.2, 0.25) is 0 Å². The van der Waals surface area contributed by atoms with Crippen molar-refractivity contribution < 1.29 is 22.8 Å². The molecule has 17 heavy (non-hydrogen) atoms. The second-order valence-corrected chi connectivity index (χ2v) is 3.39. The molecule has 0 unspecified atom stereocenters. The Bertz CT molecular complexity index is 484. The van der Waals surface area contributed by atoms with Crippen LogP contribution in [0.1, 0.15) is 5.56 Å². The molecule has 1 heterocycles. The second kappa shape index (κ2) is 3.73. The van der Waals surface area contributed by atoms with Gasteiger partial charge in [0, 0.05) is 12.2 Å². The monoisotopic (exact) mass is 241 g/mol. The van der Waals surface area contributed by atoms with E-state index in [0.29, 0.717) is 0 Å². The van der Waals surface area contributed by atoms with Crippen LogP contribution in [0.5, 0.6) is 0 Å². The van der Waals surface area contributed by atoms with Crippen LogP contribution in [0.25, 0.3) is 0 Å². The summed E-state index contributed by atoms with van der Waals surface area (Å²) < 4.78 is 36.9. The van der Waals surface area contributed by atoms with Crippen molar-refractivity contribution in [1.82, 2.24) is 0 Å². The van der Waals surface area contributed by atoms with Gasteiger partial charge in [-0.1, -0.05) is 0 Å². The van der Waals surface area contributed by atoms with Crippen LogP contribution in [-0.2, 0) is 15.8 Å². The lowest BCUT2D eigenvalue weighted by atomic mass is 10.2. The third-order valence-electron chi connectivity index (χ3n) is 2.26. The van der Waals surface area contributed by atoms with Crippen LogP contribution in [0.3, 0.4) is 0 Å². The fraction of sp³-hybridized carbons (Fsp3) is 0.0909. The summed E-state index contributed by atoms with van der Waals surface area (Å²) in [6, 6.07) is 3.83. The molecule has 1 aromatic carbocycles. The third-order valence-corrected chi connectivity index (χ3v) is 2.26. The Morgan fingerprint density at radius 1 is 0.882 bits per heavy atom. The van der Waals surface area contributed by atoms with Crippen molar-refractivity contribution in [1.29, 1.82) is 0 Å². The molecule has 0 aliphatic carbocycles. The number of hydrogen-bond donors (Lipinski definition) is 0. The molecule has 0 N–H and O–H groups in total. The highest BCUT2D eigenvalue weighted by Gasteiger charge is 2.31. The highest BCUT2D eigenvalue weighted by molar-refractivity contribution is 6.28. The van der Waals surface area contributed by atoms with Gasteiger partial charge in [-0.3, -0.25) is 9.59 Å². The Morgan fingerprint density at radius 2 is 1.35 bits per heavy atom. The van der Waals surface area contributed by atoms with Gasteiger partial charge in [-0.2, -0.15) is 13.2 Å². The molecule has 2 rings (SSSR count). The van der Waals surface area contributed by atoms with E-state index in [1.165, 1.54) is 0 Å². The number of hydrogen-bond acceptors (Lipinski definition) is 2. The van der Waals surface area contributed by atoms with Crippen LogP contribution in [0.4, 0.5) is 18.9 Å². The molecule has 88 valence electrons. The molecule has 1 aliphatic heterocycles. The summed E-state index contributed by atoms with van der Waals surface area (Å²) in [4.78, 5) is 23.3. The number of imide groups is 1. The van der Waals surface area contributed by atoms with E-state index in [2.05, 4.69) is 0 Å². The van der Waals surface area contributed by atoms with E-state index in [1.807, 2.05) is 0 Å². The predicted octanol–water partition coefficient (Wildman–Crippen LogP) is 2.13. The Labute approximate surface area is 94.1 Å². The first kappa shape index (κ1) is 11.4. The molecule has 0 saturated heterocycles. The summed E-state index contributed by atoms with van der Waals surface area (Å²) in [5, 5.41) is 0. The van der Waals surface area contributed by atoms with Crippen LogP contribution in [0.2, 0.25) is 0 Å². The second-order valence-electron chi connectivity index (χ2n) is 3.39. The van der Waals surface area contributed by atoms with E-state index in [-0.39, 0.29) is 5.69 Å². The minimum absolute atomic E-state index is 0.123. The standard InChI is InChI=1S/C11H6F3NO2/c12-11(13,14)7-1-3-8(4-2-7)15-9(16)5-6-10(15)17/h1-6H. The number of carbonyl (C=O) groups excluding carboxylic acids is 2. The largest absolute Gasteiger partial charge is 0.416 e. The summed E-state index contributed by atoms with van der Waals surface area (Å²) in [7, 11) is 0. The van der Waals surface area contributed by atoms with Crippen LogP contribution in [0, 0.1) is 0 Å². The Balaban J connectivity index is 2.31. The lowest BCUT2D eigenvalue weighted by molar-refractivity contribution is -0.137. The molecule has 0 spiro atoms. The summed E-state index contributed by atoms with van der Waals surface area (Å²) in [6.45, 7) is 0. The van der Waals surface area contributed by atoms with Crippen LogP contribution in [0.15, 0.2) is 36.4 Å². The Morgan fingerprint density at radius 3 is 1.76 bits per heavy atom. The van der Waals surface area contributed by atoms with Gasteiger partial charge in [0.25, 0.3) is 11.8 Å². The first-order valence-corrected chi connectivity index (χ1v) is 4.63. The fourth-order valence-corrected chi connectivity index (χ4v) is 1.45. The van der Waals surface area contributed by atoms with Gasteiger partial charge in [0.05, 0.1) is 11.3 Å². The average molecular weight is 241 g/mol. The van der Waals surface area contributed by atoms with Crippen molar-refractivity contribution >= 4 is 17.5 Å². The summed E-state index contributed by atoms with van der Waals surface area (Å²) >= 11 is 0. The topological polar surface area (TPSA) is 37.4 Å². The molecule has 0 saturated carbocycles. The zero-order valence-corrected chi connectivity index (χ0v) is 8.36. The van der Waals surface area contributed by atoms with E-state index in [4.69, 9.17) is 0 Å². The van der Waals surface area contributed by atoms with Crippen molar-refractivity contribution in [2.24, 2.45) is 0 Å². The summed E-state index contributed by atoms with van der Waals surface area (Å²) in [5.74, 6) is -1.12. The molecule has 0 radical (unpaired) electrons. The smallest absolute Gasteiger partial charge is 0.269 e. The molecule has 0 fully saturated rings. The quantitative estimate of drug-likeness (QED) is 0.706. The first-order valence-electron chi connectivity index (χ1n) is 4.63. The molecule has 0 atom stereocenters. The van der Waals surface area contributed by atoms with Gasteiger partial charge < -0.3 is 0 Å². The number of benzene rings is 1. The maximum absolute atomic E-state index is 12.3. The Kier molecular flexibility index (Phi) is 2.49. The maximum atomic E-state index is 12.3. The average Bonchev–Trinajstić information content (AvgIpc) is 2.58. The minimum Gasteiger partial charge on any atom is -0.269 e. The number of carbonyl (C=O) groups is 2. The van der Waals surface area contributed by atoms with Crippen molar-refractivity contribution in [2.75, 3.05) is 4.90 Å². The van der Waals surface area contributed by atoms with E-state index in [9.17, 15) is 22.8 Å². The van der Waals surface area contributed by atoms with Crippen molar-refractivity contribution in [3.8, 4) is 0 Å². The molecular weight excluding hydrogens is 235 g/mol. The fourth-order valence-electron chi connectivity index (χ4n) is 1.45. The minimum atomic E-state index is -4.43. The summed E-state index contributed by atoms with van der Waals surface area (Å²) in [6.07, 6.45) is -2.30. The van der Waals surface area contributed by atoms with Gasteiger partial charge in [-0.15, -0.1) is 0 Å². The van der Waals surface area contributed by atoms with Crippen LogP contribution in [-0.4, -0.2) is 11.8 Å². The van der Waals surface area contributed by atoms with Crippen molar-refractivity contribution in [3.63, 3.8) is 0 Å². The number of alkyl halides is 3. The van der Waals surface area contributed by atoms with Gasteiger partial charge in [-0.05, 0) is 24.3 Å². The van der Waals surface area contributed by atoms with E-state index in [0.717, 1.165) is 41.3 Å². The molecule has 6 heteroatoms. The van der Waals surface area contributed by atoms with Crippen LogP contribution < -0.4 is 4.90 Å². The van der Waals surface area contributed by atoms with Gasteiger partial charge in [-0.25, -0.2) is 4.90 Å². The molecule has 1 aromatic rings. The molecular formula is C11H6F3NO2. The highest BCUT2D eigenvalue weighted by Crippen LogP contribution is 2.30. The van der Waals surface area contributed by atoms with E-state index in [1.54, 1.807) is 0 Å². The third kappa shape index (κ3) is 2.06. The zero-order chi connectivity index (χ0) is 12.6. The van der Waals surface area contributed by atoms with Gasteiger partial charge in [0.1, 0.15) is 0 Å². The predicted molar refractivity (Wildman–Crippen MR) is 53.1 cm³/mol. The van der Waals surface area contributed by atoms with E-state index >= 15 is 0 Å². The van der Waals surface area contributed by atoms with Gasteiger partial charge in [0.15, 0.2) is 0 Å². The number of rotatable bonds is 1. The van der Waals surface area contributed by atoms with Gasteiger partial charge >= 0.3 is 6.18 Å². The Hall–Kier alpha value is -2.11. The molecule has 2 amide bonds.